The van der Waals surface area contributed by atoms with Gasteiger partial charge in [0.1, 0.15) is 5.03 Å². The maximum atomic E-state index is 4.76. The van der Waals surface area contributed by atoms with E-state index in [4.69, 9.17) is 4.98 Å². The fraction of sp³-hybridized carbons (Fsp3) is 0. The molecule has 0 fully saturated rings. The van der Waals surface area contributed by atoms with Gasteiger partial charge < -0.3 is 0 Å². The third-order valence-corrected chi connectivity index (χ3v) is 5.18. The monoisotopic (exact) mass is 362 g/mol. The highest BCUT2D eigenvalue weighted by Gasteiger charge is 2.13. The molecule has 0 saturated carbocycles. The summed E-state index contributed by atoms with van der Waals surface area (Å²) in [6.07, 6.45) is 3.53. The molecule has 0 radical (unpaired) electrons. The summed E-state index contributed by atoms with van der Waals surface area (Å²) >= 11 is 3.05. The van der Waals surface area contributed by atoms with Crippen molar-refractivity contribution in [2.24, 2.45) is 0 Å². The molecule has 25 heavy (non-hydrogen) atoms. The second kappa shape index (κ2) is 5.91. The quantitative estimate of drug-likeness (QED) is 0.453. The minimum absolute atomic E-state index is 0.571. The van der Waals surface area contributed by atoms with Crippen molar-refractivity contribution in [3.63, 3.8) is 0 Å². The second-order valence-corrected chi connectivity index (χ2v) is 6.98. The number of nitrogens with zero attached hydrogens (tertiary/aromatic N) is 6. The number of fused-ring (bicyclic) bond motifs is 2. The molecule has 5 rings (SSSR count). The van der Waals surface area contributed by atoms with Crippen molar-refractivity contribution >= 4 is 39.8 Å². The lowest BCUT2D eigenvalue weighted by Gasteiger charge is -2.06. The lowest BCUT2D eigenvalue weighted by molar-refractivity contribution is 0.878. The first-order chi connectivity index (χ1) is 12.4. The zero-order valence-corrected chi connectivity index (χ0v) is 14.4. The van der Waals surface area contributed by atoms with Crippen molar-refractivity contribution < 1.29 is 0 Å². The first-order valence-corrected chi connectivity index (χ1v) is 9.27. The smallest absolute Gasteiger partial charge is 0.228 e. The van der Waals surface area contributed by atoms with Crippen molar-refractivity contribution in [2.45, 2.75) is 10.2 Å². The summed E-state index contributed by atoms with van der Waals surface area (Å²) in [6.45, 7) is 0. The van der Waals surface area contributed by atoms with Crippen LogP contribution in [0.3, 0.4) is 0 Å². The maximum absolute atomic E-state index is 4.76. The fourth-order valence-corrected chi connectivity index (χ4v) is 3.97. The first kappa shape index (κ1) is 14.5. The molecule has 0 amide bonds. The van der Waals surface area contributed by atoms with E-state index in [0.717, 1.165) is 21.5 Å². The van der Waals surface area contributed by atoms with Gasteiger partial charge in [0.05, 0.1) is 5.52 Å². The van der Waals surface area contributed by atoms with E-state index in [1.54, 1.807) is 22.0 Å². The first-order valence-electron chi connectivity index (χ1n) is 7.51. The van der Waals surface area contributed by atoms with E-state index in [2.05, 4.69) is 20.1 Å². The Balaban J connectivity index is 1.66. The van der Waals surface area contributed by atoms with Gasteiger partial charge in [0.25, 0.3) is 5.78 Å². The van der Waals surface area contributed by atoms with Gasteiger partial charge in [-0.15, -0.1) is 5.10 Å². The fourth-order valence-electron chi connectivity index (χ4n) is 2.49. The van der Waals surface area contributed by atoms with Crippen molar-refractivity contribution in [3.8, 4) is 11.4 Å². The predicted molar refractivity (Wildman–Crippen MR) is 97.8 cm³/mol. The topological polar surface area (TPSA) is 68.9 Å². The third-order valence-electron chi connectivity index (χ3n) is 3.63. The van der Waals surface area contributed by atoms with Crippen LogP contribution in [0.25, 0.3) is 28.1 Å². The van der Waals surface area contributed by atoms with Gasteiger partial charge >= 0.3 is 0 Å². The lowest BCUT2D eigenvalue weighted by atomic mass is 10.2. The molecule has 0 saturated heterocycles. The van der Waals surface area contributed by atoms with E-state index in [1.807, 2.05) is 53.4 Å². The van der Waals surface area contributed by atoms with Crippen LogP contribution in [0.2, 0.25) is 0 Å². The minimum Gasteiger partial charge on any atom is -0.228 e. The Hall–Kier alpha value is -2.84. The molecule has 8 heteroatoms. The lowest BCUT2D eigenvalue weighted by Crippen LogP contribution is -1.93. The molecule has 120 valence electrons. The van der Waals surface area contributed by atoms with Crippen LogP contribution < -0.4 is 0 Å². The van der Waals surface area contributed by atoms with E-state index >= 15 is 0 Å². The second-order valence-electron chi connectivity index (χ2n) is 5.24. The zero-order chi connectivity index (χ0) is 16.6. The van der Waals surface area contributed by atoms with Crippen LogP contribution >= 0.6 is 23.1 Å². The van der Waals surface area contributed by atoms with Gasteiger partial charge in [-0.2, -0.15) is 16.3 Å². The van der Waals surface area contributed by atoms with Crippen LogP contribution in [0.5, 0.6) is 0 Å². The summed E-state index contributed by atoms with van der Waals surface area (Å²) in [7, 11) is 0. The predicted octanol–water partition coefficient (Wildman–Crippen LogP) is 3.95. The molecule has 5 aromatic rings. The van der Waals surface area contributed by atoms with Crippen LogP contribution in [0, 0.1) is 0 Å². The SMILES string of the molecule is c1ccc2c(Sc3nc4ncccn4n3)nc(-c3ccsc3)nc2c1. The zero-order valence-electron chi connectivity index (χ0n) is 12.8. The van der Waals surface area contributed by atoms with Crippen LogP contribution in [0.15, 0.2) is 69.7 Å². The van der Waals surface area contributed by atoms with Gasteiger partial charge in [-0.05, 0) is 35.3 Å². The van der Waals surface area contributed by atoms with Gasteiger partial charge in [0.15, 0.2) is 5.82 Å². The maximum Gasteiger partial charge on any atom is 0.253 e. The normalized spacial score (nSPS) is 11.4. The van der Waals surface area contributed by atoms with E-state index in [-0.39, 0.29) is 0 Å². The van der Waals surface area contributed by atoms with Gasteiger partial charge in [-0.1, -0.05) is 18.2 Å². The Labute approximate surface area is 150 Å². The van der Waals surface area contributed by atoms with E-state index < -0.39 is 0 Å². The third kappa shape index (κ3) is 2.65. The molecule has 0 bridgehead atoms. The van der Waals surface area contributed by atoms with Gasteiger partial charge in [-0.3, -0.25) is 0 Å². The molecule has 0 aliphatic rings. The highest BCUT2D eigenvalue weighted by Crippen LogP contribution is 2.32. The number of hydrogen-bond donors (Lipinski definition) is 0. The highest BCUT2D eigenvalue weighted by molar-refractivity contribution is 7.99. The minimum atomic E-state index is 0.571. The van der Waals surface area contributed by atoms with E-state index in [1.165, 1.54) is 11.8 Å². The van der Waals surface area contributed by atoms with Gasteiger partial charge in [-0.25, -0.2) is 19.5 Å². The summed E-state index contributed by atoms with van der Waals surface area (Å²) < 4.78 is 1.66. The molecule has 0 aliphatic heterocycles. The molecule has 0 spiro atoms. The average molecular weight is 362 g/mol. The summed E-state index contributed by atoms with van der Waals surface area (Å²) in [5.74, 6) is 1.28. The summed E-state index contributed by atoms with van der Waals surface area (Å²) in [6, 6.07) is 11.8. The molecule has 1 aromatic carbocycles. The Morgan fingerprint density at radius 1 is 1.00 bits per heavy atom. The number of aromatic nitrogens is 6. The molecule has 0 atom stereocenters. The molecule has 6 nitrogen and oxygen atoms in total. The van der Waals surface area contributed by atoms with Crippen molar-refractivity contribution in [1.29, 1.82) is 0 Å². The largest absolute Gasteiger partial charge is 0.253 e. The van der Waals surface area contributed by atoms with Crippen molar-refractivity contribution in [2.75, 3.05) is 0 Å². The van der Waals surface area contributed by atoms with Crippen LogP contribution in [-0.2, 0) is 0 Å². The number of benzene rings is 1. The number of hydrogen-bond acceptors (Lipinski definition) is 7. The van der Waals surface area contributed by atoms with Crippen molar-refractivity contribution in [3.05, 3.63) is 59.6 Å². The molecule has 0 aliphatic carbocycles. The Morgan fingerprint density at radius 2 is 1.96 bits per heavy atom. The van der Waals surface area contributed by atoms with Gasteiger partial charge in [0.2, 0.25) is 5.16 Å². The van der Waals surface area contributed by atoms with Crippen LogP contribution in [0.1, 0.15) is 0 Å². The highest BCUT2D eigenvalue weighted by atomic mass is 32.2. The molecular formula is C17H10N6S2. The average Bonchev–Trinajstić information content (AvgIpc) is 3.31. The Kier molecular flexibility index (Phi) is 3.43. The molecule has 4 heterocycles. The standard InChI is InChI=1S/C17H10N6S2/c1-2-5-13-12(4-1)15(20-14(19-13)11-6-9-24-10-11)25-17-21-16-18-7-3-8-23(16)22-17/h1-10H. The van der Waals surface area contributed by atoms with E-state index in [0.29, 0.717) is 16.8 Å². The van der Waals surface area contributed by atoms with E-state index in [9.17, 15) is 0 Å². The molecule has 0 N–H and O–H groups in total. The number of para-hydroxylation sites is 1. The Morgan fingerprint density at radius 3 is 2.84 bits per heavy atom. The summed E-state index contributed by atoms with van der Waals surface area (Å²) in [5.41, 5.74) is 1.92. The van der Waals surface area contributed by atoms with Crippen LogP contribution in [0.4, 0.5) is 0 Å². The summed E-state index contributed by atoms with van der Waals surface area (Å²) in [4.78, 5) is 18.1. The van der Waals surface area contributed by atoms with Crippen LogP contribution in [-0.4, -0.2) is 29.5 Å². The Bertz CT molecular complexity index is 1150. The number of thiophene rings is 1. The van der Waals surface area contributed by atoms with Crippen molar-refractivity contribution in [1.82, 2.24) is 29.5 Å². The number of rotatable bonds is 3. The summed E-state index contributed by atoms with van der Waals surface area (Å²) in [5, 5.41) is 11.0. The molecular weight excluding hydrogens is 352 g/mol. The van der Waals surface area contributed by atoms with Gasteiger partial charge in [0, 0.05) is 28.7 Å². The molecule has 4 aromatic heterocycles. The molecule has 0 unspecified atom stereocenters.